The number of nitrogens with zero attached hydrogens (tertiary/aromatic N) is 5. The van der Waals surface area contributed by atoms with Crippen LogP contribution in [0, 0.1) is 12.8 Å². The van der Waals surface area contributed by atoms with Crippen LogP contribution in [0.2, 0.25) is 0 Å². The summed E-state index contributed by atoms with van der Waals surface area (Å²) in [6.07, 6.45) is 13.2. The number of hydrogen-bond donors (Lipinski definition) is 3. The number of nitrogens with one attached hydrogen (secondary N) is 3. The van der Waals surface area contributed by atoms with Crippen molar-refractivity contribution < 1.29 is 52.5 Å². The SMILES string of the molecule is COc1cc2c(cc1OCCCOc1cc3c(cc1OC)C(=O)N1C=C(c4ccc(NC(=O)[C@H](C)NC(=O)[C@@H](NC(=O)CCCCCN5C(=O)C=CC5=O)C(C)C)cc4)C[C@H]1C=N3)N=C[C@@H]1CC(c3ccc(C)cc3)=CN1C2=O. The van der Waals surface area contributed by atoms with Crippen LogP contribution in [-0.4, -0.2) is 127 Å². The molecule has 7 amide bonds. The minimum absolute atomic E-state index is 0.163. The lowest BCUT2D eigenvalue weighted by atomic mass is 10.0. The summed E-state index contributed by atoms with van der Waals surface area (Å²) < 4.78 is 23.7. The maximum atomic E-state index is 14.1. The number of hydrogen-bond acceptors (Lipinski definition) is 13. The maximum absolute atomic E-state index is 14.1. The van der Waals surface area contributed by atoms with Crippen LogP contribution in [0.3, 0.4) is 0 Å². The van der Waals surface area contributed by atoms with E-state index >= 15 is 0 Å². The van der Waals surface area contributed by atoms with E-state index in [4.69, 9.17) is 28.9 Å². The van der Waals surface area contributed by atoms with E-state index in [-0.39, 0.29) is 73.7 Å². The van der Waals surface area contributed by atoms with Gasteiger partial charge >= 0.3 is 0 Å². The van der Waals surface area contributed by atoms with Crippen molar-refractivity contribution in [1.82, 2.24) is 25.3 Å². The molecule has 0 saturated heterocycles. The van der Waals surface area contributed by atoms with Gasteiger partial charge in [-0.1, -0.05) is 62.2 Å². The van der Waals surface area contributed by atoms with E-state index in [9.17, 15) is 33.6 Å². The molecule has 0 spiro atoms. The summed E-state index contributed by atoms with van der Waals surface area (Å²) in [5.41, 5.74) is 7.28. The van der Waals surface area contributed by atoms with Gasteiger partial charge in [0.25, 0.3) is 23.6 Å². The lowest BCUT2D eigenvalue weighted by molar-refractivity contribution is -0.137. The highest BCUT2D eigenvalue weighted by Crippen LogP contribution is 2.42. The fourth-order valence-electron chi connectivity index (χ4n) is 9.88. The Balaban J connectivity index is 0.740. The van der Waals surface area contributed by atoms with Gasteiger partial charge in [0, 0.05) is 87.0 Å². The first-order valence-electron chi connectivity index (χ1n) is 26.6. The summed E-state index contributed by atoms with van der Waals surface area (Å²) in [5.74, 6) is -0.964. The molecule has 4 aromatic carbocycles. The van der Waals surface area contributed by atoms with Gasteiger partial charge in [0.15, 0.2) is 23.0 Å². The number of carbonyl (C=O) groups excluding carboxylic acids is 7. The number of carbonyl (C=O) groups is 7. The van der Waals surface area contributed by atoms with E-state index < -0.39 is 23.9 Å². The summed E-state index contributed by atoms with van der Waals surface area (Å²) in [7, 11) is 3.04. The van der Waals surface area contributed by atoms with E-state index in [2.05, 4.69) is 40.2 Å². The number of rotatable bonds is 22. The third kappa shape index (κ3) is 12.5. The average molecular weight is 1070 g/mol. The highest BCUT2D eigenvalue weighted by atomic mass is 16.5. The van der Waals surface area contributed by atoms with Gasteiger partial charge in [-0.3, -0.25) is 48.4 Å². The highest BCUT2D eigenvalue weighted by Gasteiger charge is 2.36. The van der Waals surface area contributed by atoms with Crippen molar-refractivity contribution in [3.05, 3.63) is 125 Å². The topological polar surface area (TPSA) is 227 Å². The Labute approximate surface area is 458 Å². The number of ether oxygens (including phenoxy) is 4. The zero-order valence-corrected chi connectivity index (χ0v) is 45.1. The Bertz CT molecular complexity index is 3200. The Hall–Kier alpha value is -8.87. The van der Waals surface area contributed by atoms with Crippen LogP contribution < -0.4 is 34.9 Å². The van der Waals surface area contributed by atoms with Gasteiger partial charge < -0.3 is 44.7 Å². The molecule has 0 aliphatic carbocycles. The van der Waals surface area contributed by atoms with Crippen molar-refractivity contribution in [2.45, 2.75) is 96.8 Å². The molecule has 9 rings (SSSR count). The molecule has 0 radical (unpaired) electrons. The molecule has 0 aromatic heterocycles. The lowest BCUT2D eigenvalue weighted by Gasteiger charge is -2.24. The van der Waals surface area contributed by atoms with Crippen LogP contribution in [0.25, 0.3) is 11.1 Å². The number of aliphatic imine (C=N–C) groups is 2. The second kappa shape index (κ2) is 24.2. The molecular weight excluding hydrogens is 1010 g/mol. The van der Waals surface area contributed by atoms with Crippen molar-refractivity contribution in [3.63, 3.8) is 0 Å². The first kappa shape index (κ1) is 54.9. The van der Waals surface area contributed by atoms with Crippen molar-refractivity contribution in [2.75, 3.05) is 39.3 Å². The van der Waals surface area contributed by atoms with Crippen molar-refractivity contribution in [2.24, 2.45) is 15.9 Å². The van der Waals surface area contributed by atoms with Gasteiger partial charge in [0.1, 0.15) is 12.1 Å². The first-order chi connectivity index (χ1) is 38.1. The molecule has 4 aromatic rings. The molecule has 4 atom stereocenters. The number of anilines is 1. The van der Waals surface area contributed by atoms with E-state index in [0.29, 0.717) is 89.7 Å². The molecule has 0 fully saturated rings. The molecule has 410 valence electrons. The quantitative estimate of drug-likeness (QED) is 0.0507. The maximum Gasteiger partial charge on any atom is 0.260 e. The molecule has 5 aliphatic heterocycles. The number of methoxy groups -OCH3 is 2. The molecule has 5 heterocycles. The Morgan fingerprint density at radius 1 is 0.633 bits per heavy atom. The number of amides is 7. The van der Waals surface area contributed by atoms with Gasteiger partial charge in [-0.25, -0.2) is 0 Å². The molecule has 79 heavy (non-hydrogen) atoms. The predicted octanol–water partition coefficient (Wildman–Crippen LogP) is 7.87. The Morgan fingerprint density at radius 2 is 1.15 bits per heavy atom. The van der Waals surface area contributed by atoms with Crippen molar-refractivity contribution in [3.8, 4) is 23.0 Å². The van der Waals surface area contributed by atoms with Gasteiger partial charge in [0.2, 0.25) is 17.7 Å². The average Bonchev–Trinajstić information content (AvgIpc) is 4.34. The van der Waals surface area contributed by atoms with E-state index in [1.807, 2.05) is 37.7 Å². The zero-order chi connectivity index (χ0) is 55.9. The molecule has 0 saturated carbocycles. The van der Waals surface area contributed by atoms with Crippen LogP contribution >= 0.6 is 0 Å². The van der Waals surface area contributed by atoms with E-state index in [1.54, 1.807) is 73.2 Å². The molecule has 19 nitrogen and oxygen atoms in total. The molecule has 5 aliphatic rings. The number of unbranched alkanes of at least 4 members (excludes halogenated alkanes) is 2. The van der Waals surface area contributed by atoms with E-state index in [0.717, 1.165) is 27.2 Å². The monoisotopic (exact) mass is 1070 g/mol. The first-order valence-corrected chi connectivity index (χ1v) is 26.6. The normalized spacial score (nSPS) is 17.7. The summed E-state index contributed by atoms with van der Waals surface area (Å²) in [6.45, 7) is 8.00. The third-order valence-corrected chi connectivity index (χ3v) is 14.4. The van der Waals surface area contributed by atoms with Gasteiger partial charge in [-0.2, -0.15) is 0 Å². The lowest BCUT2D eigenvalue weighted by Crippen LogP contribution is -2.53. The van der Waals surface area contributed by atoms with Crippen molar-refractivity contribution in [1.29, 1.82) is 0 Å². The van der Waals surface area contributed by atoms with Crippen LogP contribution in [-0.2, 0) is 24.0 Å². The molecule has 0 bridgehead atoms. The second-order valence-corrected chi connectivity index (χ2v) is 20.3. The smallest absolute Gasteiger partial charge is 0.260 e. The number of fused-ring (bicyclic) bond motifs is 4. The second-order valence-electron chi connectivity index (χ2n) is 20.3. The largest absolute Gasteiger partial charge is 0.493 e. The van der Waals surface area contributed by atoms with Gasteiger partial charge in [-0.05, 0) is 79.1 Å². The zero-order valence-electron chi connectivity index (χ0n) is 45.1. The highest BCUT2D eigenvalue weighted by molar-refractivity contribution is 6.13. The van der Waals surface area contributed by atoms with E-state index in [1.165, 1.54) is 31.9 Å². The molecule has 0 unspecified atom stereocenters. The van der Waals surface area contributed by atoms with Gasteiger partial charge in [0.05, 0.1) is 62.0 Å². The van der Waals surface area contributed by atoms with Gasteiger partial charge in [-0.15, -0.1) is 0 Å². The minimum Gasteiger partial charge on any atom is -0.493 e. The number of benzene rings is 4. The third-order valence-electron chi connectivity index (χ3n) is 14.4. The summed E-state index contributed by atoms with van der Waals surface area (Å²) >= 11 is 0. The minimum atomic E-state index is -0.924. The molecule has 19 heteroatoms. The molecular formula is C60H64N8O11. The van der Waals surface area contributed by atoms with Crippen LogP contribution in [0.15, 0.2) is 107 Å². The fraction of sp³-hybridized carbons (Fsp3) is 0.350. The Morgan fingerprint density at radius 3 is 1.66 bits per heavy atom. The summed E-state index contributed by atoms with van der Waals surface area (Å²) in [4.78, 5) is 105. The van der Waals surface area contributed by atoms with Crippen LogP contribution in [0.5, 0.6) is 23.0 Å². The molecule has 3 N–H and O–H groups in total. The standard InChI is InChI=1S/C60H64N8O11/c1-35(2)56(65-53(69)11-8-7-9-22-66-54(70)20-21-55(66)71)58(73)63-37(4)57(72)64-42-18-16-39(17-19-42)41-26-44-32-62-48-30-52(50(77-6)28-46(48)60(75)68(44)34-41)79-24-10-23-78-51-29-47-45(27-49(51)76-5)59(74)67-33-40(25-43(67)31-61-47)38-14-12-36(3)13-15-38/h12-21,27-35,37,43-44,56H,7-11,22-26H2,1-6H3,(H,63,73)(H,64,72)(H,65,69)/t37-,43-,44-,56-/m0/s1. The summed E-state index contributed by atoms with van der Waals surface area (Å²) in [5, 5.41) is 8.34. The fourth-order valence-corrected chi connectivity index (χ4v) is 9.88. The van der Waals surface area contributed by atoms with Crippen molar-refractivity contribution >= 4 is 82.0 Å². The number of imide groups is 1. The number of aryl methyl sites for hydroxylation is 1. The Kier molecular flexibility index (Phi) is 16.8. The van der Waals surface area contributed by atoms with Crippen LogP contribution in [0.4, 0.5) is 17.1 Å². The summed E-state index contributed by atoms with van der Waals surface area (Å²) in [6, 6.07) is 19.8. The predicted molar refractivity (Wildman–Crippen MR) is 298 cm³/mol. The van der Waals surface area contributed by atoms with Crippen LogP contribution in [0.1, 0.15) is 103 Å².